The second kappa shape index (κ2) is 13.7. The SMILES string of the molecule is CC[C@H](C(=O)Nc1ccc(N2CCN(c3ccccc3OC)CC2)c(C(=O)NCc2ccccc2)c1)c1ccccc1. The molecule has 42 heavy (non-hydrogen) atoms. The van der Waals surface area contributed by atoms with Crippen molar-refractivity contribution in [3.63, 3.8) is 0 Å². The van der Waals surface area contributed by atoms with Crippen LogP contribution in [0.5, 0.6) is 5.75 Å². The van der Waals surface area contributed by atoms with Crippen molar-refractivity contribution < 1.29 is 14.3 Å². The van der Waals surface area contributed by atoms with E-state index < -0.39 is 0 Å². The molecule has 7 heteroatoms. The number of nitrogens with zero attached hydrogens (tertiary/aromatic N) is 2. The van der Waals surface area contributed by atoms with Crippen molar-refractivity contribution >= 4 is 28.9 Å². The maximum atomic E-state index is 13.6. The minimum Gasteiger partial charge on any atom is -0.495 e. The number of carbonyl (C=O) groups excluding carboxylic acids is 2. The fourth-order valence-electron chi connectivity index (χ4n) is 5.51. The molecule has 4 aromatic rings. The molecule has 0 spiro atoms. The Morgan fingerprint density at radius 2 is 1.40 bits per heavy atom. The lowest BCUT2D eigenvalue weighted by atomic mass is 9.95. The van der Waals surface area contributed by atoms with Gasteiger partial charge in [-0.1, -0.05) is 79.7 Å². The van der Waals surface area contributed by atoms with E-state index in [1.165, 1.54) is 0 Å². The first-order valence-electron chi connectivity index (χ1n) is 14.5. The van der Waals surface area contributed by atoms with Gasteiger partial charge in [0.2, 0.25) is 5.91 Å². The highest BCUT2D eigenvalue weighted by Gasteiger charge is 2.25. The van der Waals surface area contributed by atoms with E-state index in [0.717, 1.165) is 54.4 Å². The topological polar surface area (TPSA) is 73.9 Å². The number of carbonyl (C=O) groups is 2. The van der Waals surface area contributed by atoms with Crippen LogP contribution in [-0.2, 0) is 11.3 Å². The van der Waals surface area contributed by atoms with Crippen molar-refractivity contribution in [3.8, 4) is 5.75 Å². The van der Waals surface area contributed by atoms with Crippen molar-refractivity contribution in [2.45, 2.75) is 25.8 Å². The van der Waals surface area contributed by atoms with Gasteiger partial charge in [0.1, 0.15) is 5.75 Å². The number of para-hydroxylation sites is 2. The number of anilines is 3. The van der Waals surface area contributed by atoms with Crippen molar-refractivity contribution in [3.05, 3.63) is 120 Å². The van der Waals surface area contributed by atoms with Crippen LogP contribution in [0.1, 0.15) is 40.7 Å². The Morgan fingerprint density at radius 1 is 0.786 bits per heavy atom. The van der Waals surface area contributed by atoms with Gasteiger partial charge in [0, 0.05) is 44.1 Å². The van der Waals surface area contributed by atoms with Gasteiger partial charge in [0.25, 0.3) is 5.91 Å². The van der Waals surface area contributed by atoms with Gasteiger partial charge in [0.05, 0.1) is 24.3 Å². The van der Waals surface area contributed by atoms with E-state index in [1.54, 1.807) is 13.2 Å². The fourth-order valence-corrected chi connectivity index (χ4v) is 5.51. The maximum Gasteiger partial charge on any atom is 0.253 e. The molecule has 1 aliphatic rings. The molecule has 4 aromatic carbocycles. The standard InChI is InChI=1S/C35H38N4O3/c1-3-29(27-14-8-5-9-15-27)35(41)37-28-18-19-31(30(24-28)34(40)36-25-26-12-6-4-7-13-26)38-20-22-39(23-21-38)32-16-10-11-17-33(32)42-2/h4-19,24,29H,3,20-23,25H2,1-2H3,(H,36,40)(H,37,41)/t29-/m0/s1. The molecule has 2 amide bonds. The third-order valence-electron chi connectivity index (χ3n) is 7.78. The minimum absolute atomic E-state index is 0.0856. The normalized spacial score (nSPS) is 13.8. The number of nitrogens with one attached hydrogen (secondary N) is 2. The lowest BCUT2D eigenvalue weighted by molar-refractivity contribution is -0.117. The van der Waals surface area contributed by atoms with Gasteiger partial charge in [-0.25, -0.2) is 0 Å². The Hall–Kier alpha value is -4.78. The monoisotopic (exact) mass is 562 g/mol. The van der Waals surface area contributed by atoms with Gasteiger partial charge >= 0.3 is 0 Å². The van der Waals surface area contributed by atoms with E-state index in [-0.39, 0.29) is 17.7 Å². The highest BCUT2D eigenvalue weighted by Crippen LogP contribution is 2.31. The molecule has 7 nitrogen and oxygen atoms in total. The average molecular weight is 563 g/mol. The van der Waals surface area contributed by atoms with Gasteiger partial charge in [-0.2, -0.15) is 0 Å². The van der Waals surface area contributed by atoms with Gasteiger partial charge in [-0.05, 0) is 47.9 Å². The van der Waals surface area contributed by atoms with Gasteiger partial charge in [0.15, 0.2) is 0 Å². The van der Waals surface area contributed by atoms with Gasteiger partial charge < -0.3 is 25.2 Å². The number of benzene rings is 4. The Morgan fingerprint density at radius 3 is 2.07 bits per heavy atom. The first kappa shape index (κ1) is 28.7. The molecule has 1 fully saturated rings. The van der Waals surface area contributed by atoms with Crippen LogP contribution in [0.4, 0.5) is 17.1 Å². The van der Waals surface area contributed by atoms with Crippen LogP contribution in [0.15, 0.2) is 103 Å². The predicted octanol–water partition coefficient (Wildman–Crippen LogP) is 6.08. The largest absolute Gasteiger partial charge is 0.495 e. The molecule has 0 unspecified atom stereocenters. The first-order chi connectivity index (χ1) is 20.6. The molecule has 0 aromatic heterocycles. The maximum absolute atomic E-state index is 13.6. The second-order valence-electron chi connectivity index (χ2n) is 10.4. The zero-order valence-corrected chi connectivity index (χ0v) is 24.3. The van der Waals surface area contributed by atoms with Gasteiger partial charge in [-0.3, -0.25) is 9.59 Å². The lowest BCUT2D eigenvalue weighted by Gasteiger charge is -2.38. The number of ether oxygens (including phenoxy) is 1. The molecular weight excluding hydrogens is 524 g/mol. The fraction of sp³-hybridized carbons (Fsp3) is 0.257. The highest BCUT2D eigenvalue weighted by atomic mass is 16.5. The smallest absolute Gasteiger partial charge is 0.253 e. The Kier molecular flexibility index (Phi) is 9.39. The summed E-state index contributed by atoms with van der Waals surface area (Å²) in [5.74, 6) is 0.321. The molecule has 1 atom stereocenters. The molecule has 1 aliphatic heterocycles. The lowest BCUT2D eigenvalue weighted by Crippen LogP contribution is -2.47. The molecule has 1 heterocycles. The predicted molar refractivity (Wildman–Crippen MR) is 170 cm³/mol. The number of hydrogen-bond acceptors (Lipinski definition) is 5. The molecule has 0 aliphatic carbocycles. The second-order valence-corrected chi connectivity index (χ2v) is 10.4. The molecule has 0 bridgehead atoms. The summed E-state index contributed by atoms with van der Waals surface area (Å²) in [6, 6.07) is 33.4. The van der Waals surface area contributed by atoms with E-state index in [9.17, 15) is 9.59 Å². The average Bonchev–Trinajstić information content (AvgIpc) is 3.05. The van der Waals surface area contributed by atoms with Crippen LogP contribution in [0.2, 0.25) is 0 Å². The summed E-state index contributed by atoms with van der Waals surface area (Å²) in [6.45, 7) is 5.50. The van der Waals surface area contributed by atoms with Crippen LogP contribution in [0.25, 0.3) is 0 Å². The first-order valence-corrected chi connectivity index (χ1v) is 14.5. The van der Waals surface area contributed by atoms with Crippen LogP contribution in [0.3, 0.4) is 0 Å². The van der Waals surface area contributed by atoms with Gasteiger partial charge in [-0.15, -0.1) is 0 Å². The van der Waals surface area contributed by atoms with Crippen molar-refractivity contribution in [1.82, 2.24) is 5.32 Å². The van der Waals surface area contributed by atoms with Crippen molar-refractivity contribution in [2.75, 3.05) is 48.4 Å². The zero-order chi connectivity index (χ0) is 29.3. The summed E-state index contributed by atoms with van der Waals surface area (Å²) in [6.07, 6.45) is 0.675. The van der Waals surface area contributed by atoms with Crippen molar-refractivity contribution in [1.29, 1.82) is 0 Å². The molecule has 1 saturated heterocycles. The molecule has 5 rings (SSSR count). The van der Waals surface area contributed by atoms with Crippen LogP contribution in [-0.4, -0.2) is 45.1 Å². The highest BCUT2D eigenvalue weighted by molar-refractivity contribution is 6.03. The van der Waals surface area contributed by atoms with Crippen molar-refractivity contribution in [2.24, 2.45) is 0 Å². The van der Waals surface area contributed by atoms with E-state index in [2.05, 4.69) is 26.5 Å². The molecule has 216 valence electrons. The quantitative estimate of drug-likeness (QED) is 0.245. The molecule has 2 N–H and O–H groups in total. The minimum atomic E-state index is -0.274. The van der Waals surface area contributed by atoms with E-state index in [0.29, 0.717) is 24.2 Å². The molecule has 0 saturated carbocycles. The third kappa shape index (κ3) is 6.74. The van der Waals surface area contributed by atoms with Crippen LogP contribution < -0.4 is 25.2 Å². The van der Waals surface area contributed by atoms with Crippen LogP contribution in [0, 0.1) is 0 Å². The van der Waals surface area contributed by atoms with E-state index in [4.69, 9.17) is 4.74 Å². The van der Waals surface area contributed by atoms with E-state index in [1.807, 2.05) is 97.9 Å². The summed E-state index contributed by atoms with van der Waals surface area (Å²) < 4.78 is 5.58. The number of amides is 2. The summed E-state index contributed by atoms with van der Waals surface area (Å²) in [4.78, 5) is 31.5. The summed E-state index contributed by atoms with van der Waals surface area (Å²) in [5, 5.41) is 6.15. The molecular formula is C35H38N4O3. The number of hydrogen-bond donors (Lipinski definition) is 2. The number of piperazine rings is 1. The Labute approximate surface area is 248 Å². The Balaban J connectivity index is 1.36. The Bertz CT molecular complexity index is 1480. The molecule has 0 radical (unpaired) electrons. The zero-order valence-electron chi connectivity index (χ0n) is 24.3. The summed E-state index contributed by atoms with van der Waals surface area (Å²) in [5.41, 5.74) is 5.08. The summed E-state index contributed by atoms with van der Waals surface area (Å²) >= 11 is 0. The number of methoxy groups -OCH3 is 1. The van der Waals surface area contributed by atoms with E-state index >= 15 is 0 Å². The van der Waals surface area contributed by atoms with Crippen LogP contribution >= 0.6 is 0 Å². The summed E-state index contributed by atoms with van der Waals surface area (Å²) in [7, 11) is 1.69. The third-order valence-corrected chi connectivity index (χ3v) is 7.78. The number of rotatable bonds is 10.